The number of fused-ring (bicyclic) bond motifs is 5. The zero-order chi connectivity index (χ0) is 8.84. The van der Waals surface area contributed by atoms with Gasteiger partial charge in [-0.2, -0.15) is 0 Å². The van der Waals surface area contributed by atoms with Crippen molar-refractivity contribution >= 4 is 5.71 Å². The van der Waals surface area contributed by atoms with Gasteiger partial charge in [-0.05, 0) is 43.4 Å². The second-order valence-electron chi connectivity index (χ2n) is 4.62. The molecule has 4 atom stereocenters. The van der Waals surface area contributed by atoms with Gasteiger partial charge in [0.15, 0.2) is 0 Å². The van der Waals surface area contributed by atoms with Crippen LogP contribution in [-0.2, 0) is 0 Å². The van der Waals surface area contributed by atoms with Crippen molar-refractivity contribution in [3.63, 3.8) is 0 Å². The van der Waals surface area contributed by atoms with E-state index in [-0.39, 0.29) is 0 Å². The topological polar surface area (TPSA) is 32.6 Å². The SMILES string of the molecule is ON=C1CCCC2C3C=CC(C3)C12. The Balaban J connectivity index is 1.96. The number of nitrogens with zero attached hydrogens (tertiary/aromatic N) is 1. The minimum absolute atomic E-state index is 0.591. The molecule has 13 heavy (non-hydrogen) atoms. The van der Waals surface area contributed by atoms with Gasteiger partial charge in [-0.1, -0.05) is 17.3 Å². The maximum absolute atomic E-state index is 8.93. The van der Waals surface area contributed by atoms with Crippen LogP contribution in [0.15, 0.2) is 17.3 Å². The second-order valence-corrected chi connectivity index (χ2v) is 4.62. The Kier molecular flexibility index (Phi) is 1.52. The molecule has 70 valence electrons. The zero-order valence-electron chi connectivity index (χ0n) is 7.69. The first-order chi connectivity index (χ1) is 6.40. The minimum Gasteiger partial charge on any atom is -0.411 e. The molecular formula is C11H15NO. The number of hydrogen-bond acceptors (Lipinski definition) is 2. The molecule has 2 fully saturated rings. The van der Waals surface area contributed by atoms with E-state index in [1.54, 1.807) is 0 Å². The highest BCUT2D eigenvalue weighted by molar-refractivity contribution is 5.88. The number of hydrogen-bond donors (Lipinski definition) is 1. The van der Waals surface area contributed by atoms with E-state index in [1.165, 1.54) is 19.3 Å². The quantitative estimate of drug-likeness (QED) is 0.344. The molecule has 3 rings (SSSR count). The van der Waals surface area contributed by atoms with Crippen molar-refractivity contribution in [3.05, 3.63) is 12.2 Å². The molecule has 0 amide bonds. The largest absolute Gasteiger partial charge is 0.411 e. The van der Waals surface area contributed by atoms with E-state index in [9.17, 15) is 0 Å². The zero-order valence-corrected chi connectivity index (χ0v) is 7.69. The molecule has 0 aromatic heterocycles. The van der Waals surface area contributed by atoms with Crippen molar-refractivity contribution in [3.8, 4) is 0 Å². The van der Waals surface area contributed by atoms with Crippen LogP contribution >= 0.6 is 0 Å². The van der Waals surface area contributed by atoms with Crippen molar-refractivity contribution in [2.24, 2.45) is 28.8 Å². The first kappa shape index (κ1) is 7.60. The van der Waals surface area contributed by atoms with E-state index < -0.39 is 0 Å². The molecule has 0 spiro atoms. The van der Waals surface area contributed by atoms with Crippen molar-refractivity contribution < 1.29 is 5.21 Å². The van der Waals surface area contributed by atoms with Crippen LogP contribution in [0.3, 0.4) is 0 Å². The van der Waals surface area contributed by atoms with Gasteiger partial charge in [-0.15, -0.1) is 0 Å². The average Bonchev–Trinajstić information content (AvgIpc) is 2.77. The highest BCUT2D eigenvalue weighted by Crippen LogP contribution is 2.52. The summed E-state index contributed by atoms with van der Waals surface area (Å²) in [6.45, 7) is 0. The minimum atomic E-state index is 0.591. The summed E-state index contributed by atoms with van der Waals surface area (Å²) in [5.41, 5.74) is 1.08. The summed E-state index contributed by atoms with van der Waals surface area (Å²) in [5.74, 6) is 2.89. The fraction of sp³-hybridized carbons (Fsp3) is 0.727. The second kappa shape index (κ2) is 2.60. The van der Waals surface area contributed by atoms with Crippen LogP contribution < -0.4 is 0 Å². The molecule has 3 aliphatic rings. The third-order valence-electron chi connectivity index (χ3n) is 4.11. The summed E-state index contributed by atoms with van der Waals surface area (Å²) in [6.07, 6.45) is 9.62. The maximum Gasteiger partial charge on any atom is 0.0610 e. The molecule has 3 aliphatic carbocycles. The lowest BCUT2D eigenvalue weighted by atomic mass is 9.72. The molecule has 0 aromatic rings. The Morgan fingerprint density at radius 3 is 3.00 bits per heavy atom. The predicted molar refractivity (Wildman–Crippen MR) is 50.8 cm³/mol. The van der Waals surface area contributed by atoms with Crippen LogP contribution in [0.25, 0.3) is 0 Å². The van der Waals surface area contributed by atoms with Gasteiger partial charge in [0.05, 0.1) is 5.71 Å². The van der Waals surface area contributed by atoms with E-state index >= 15 is 0 Å². The lowest BCUT2D eigenvalue weighted by Crippen LogP contribution is -2.31. The monoisotopic (exact) mass is 177 g/mol. The van der Waals surface area contributed by atoms with Crippen LogP contribution in [0.1, 0.15) is 25.7 Å². The van der Waals surface area contributed by atoms with Gasteiger partial charge in [0.25, 0.3) is 0 Å². The third kappa shape index (κ3) is 0.917. The number of rotatable bonds is 0. The van der Waals surface area contributed by atoms with E-state index in [0.29, 0.717) is 11.8 Å². The number of oxime groups is 1. The maximum atomic E-state index is 8.93. The van der Waals surface area contributed by atoms with E-state index in [2.05, 4.69) is 17.3 Å². The first-order valence-corrected chi connectivity index (χ1v) is 5.29. The molecule has 2 heteroatoms. The molecule has 4 unspecified atom stereocenters. The van der Waals surface area contributed by atoms with Gasteiger partial charge in [0, 0.05) is 5.92 Å². The normalized spacial score (nSPS) is 50.0. The van der Waals surface area contributed by atoms with Gasteiger partial charge >= 0.3 is 0 Å². The van der Waals surface area contributed by atoms with Crippen molar-refractivity contribution in [1.82, 2.24) is 0 Å². The van der Waals surface area contributed by atoms with Crippen molar-refractivity contribution in [2.75, 3.05) is 0 Å². The smallest absolute Gasteiger partial charge is 0.0610 e. The molecule has 2 nitrogen and oxygen atoms in total. The predicted octanol–water partition coefficient (Wildman–Crippen LogP) is 2.44. The van der Waals surface area contributed by atoms with Gasteiger partial charge < -0.3 is 5.21 Å². The van der Waals surface area contributed by atoms with E-state index in [4.69, 9.17) is 5.21 Å². The van der Waals surface area contributed by atoms with Crippen LogP contribution in [0.4, 0.5) is 0 Å². The van der Waals surface area contributed by atoms with Gasteiger partial charge in [0.1, 0.15) is 0 Å². The van der Waals surface area contributed by atoms with Crippen LogP contribution in [-0.4, -0.2) is 10.9 Å². The van der Waals surface area contributed by atoms with Gasteiger partial charge in [0.2, 0.25) is 0 Å². The molecule has 0 saturated heterocycles. The summed E-state index contributed by atoms with van der Waals surface area (Å²) < 4.78 is 0. The fourth-order valence-corrected chi connectivity index (χ4v) is 3.61. The van der Waals surface area contributed by atoms with Gasteiger partial charge in [-0.3, -0.25) is 0 Å². The summed E-state index contributed by atoms with van der Waals surface area (Å²) in [5, 5.41) is 12.4. The average molecular weight is 177 g/mol. The lowest BCUT2D eigenvalue weighted by Gasteiger charge is -2.32. The van der Waals surface area contributed by atoms with Crippen molar-refractivity contribution in [1.29, 1.82) is 0 Å². The first-order valence-electron chi connectivity index (χ1n) is 5.29. The molecular weight excluding hydrogens is 162 g/mol. The van der Waals surface area contributed by atoms with E-state index in [1.807, 2.05) is 0 Å². The molecule has 2 saturated carbocycles. The molecule has 2 bridgehead atoms. The highest BCUT2D eigenvalue weighted by Gasteiger charge is 2.47. The van der Waals surface area contributed by atoms with Crippen molar-refractivity contribution in [2.45, 2.75) is 25.7 Å². The van der Waals surface area contributed by atoms with Crippen LogP contribution in [0.2, 0.25) is 0 Å². The van der Waals surface area contributed by atoms with Crippen LogP contribution in [0.5, 0.6) is 0 Å². The fourth-order valence-electron chi connectivity index (χ4n) is 3.61. The summed E-state index contributed by atoms with van der Waals surface area (Å²) in [7, 11) is 0. The molecule has 0 aliphatic heterocycles. The summed E-state index contributed by atoms with van der Waals surface area (Å²) >= 11 is 0. The summed E-state index contributed by atoms with van der Waals surface area (Å²) in [6, 6.07) is 0. The Morgan fingerprint density at radius 2 is 2.15 bits per heavy atom. The van der Waals surface area contributed by atoms with Gasteiger partial charge in [-0.25, -0.2) is 0 Å². The highest BCUT2D eigenvalue weighted by atomic mass is 16.4. The Hall–Kier alpha value is -0.790. The van der Waals surface area contributed by atoms with E-state index in [0.717, 1.165) is 24.0 Å². The molecule has 1 N–H and O–H groups in total. The summed E-state index contributed by atoms with van der Waals surface area (Å²) in [4.78, 5) is 0. The Morgan fingerprint density at radius 1 is 1.31 bits per heavy atom. The molecule has 0 radical (unpaired) electrons. The third-order valence-corrected chi connectivity index (χ3v) is 4.11. The number of allylic oxidation sites excluding steroid dienone is 2. The Bertz CT molecular complexity index is 282. The van der Waals surface area contributed by atoms with Crippen LogP contribution in [0, 0.1) is 23.7 Å². The Labute approximate surface area is 78.3 Å². The molecule has 0 aromatic carbocycles. The lowest BCUT2D eigenvalue weighted by molar-refractivity contribution is 0.283. The standard InChI is InChI=1S/C11H15NO/c13-12-10-3-1-2-9-7-4-5-8(6-7)11(9)10/h4-5,7-9,11,13H,1-3,6H2. The molecule has 0 heterocycles.